The summed E-state index contributed by atoms with van der Waals surface area (Å²) in [6.07, 6.45) is 3.15. The van der Waals surface area contributed by atoms with Crippen LogP contribution in [0.1, 0.15) is 53.4 Å². The fourth-order valence-corrected chi connectivity index (χ4v) is 3.31. The van der Waals surface area contributed by atoms with Crippen LogP contribution in [0.3, 0.4) is 0 Å². The van der Waals surface area contributed by atoms with Gasteiger partial charge in [-0.25, -0.2) is 9.59 Å². The van der Waals surface area contributed by atoms with Crippen LogP contribution in [0.25, 0.3) is 0 Å². The number of rotatable bonds is 6. The van der Waals surface area contributed by atoms with Crippen molar-refractivity contribution < 1.29 is 19.1 Å². The number of nitrogens with one attached hydrogen (secondary N) is 4. The fraction of sp³-hybridized carbons (Fsp3) is 0.789. The van der Waals surface area contributed by atoms with Gasteiger partial charge < -0.3 is 26.0 Å². The van der Waals surface area contributed by atoms with E-state index in [1.54, 1.807) is 0 Å². The Morgan fingerprint density at radius 2 is 1.79 bits per heavy atom. The van der Waals surface area contributed by atoms with Crippen molar-refractivity contribution in [2.24, 2.45) is 4.99 Å². The number of imide groups is 1. The molecule has 1 saturated heterocycles. The van der Waals surface area contributed by atoms with E-state index < -0.39 is 5.60 Å². The summed E-state index contributed by atoms with van der Waals surface area (Å²) in [5, 5.41) is 12.0. The predicted octanol–water partition coefficient (Wildman–Crippen LogP) is 0.929. The minimum absolute atomic E-state index is 0.0570. The summed E-state index contributed by atoms with van der Waals surface area (Å²) in [7, 11) is 0. The van der Waals surface area contributed by atoms with Crippen molar-refractivity contribution in [3.05, 3.63) is 0 Å². The van der Waals surface area contributed by atoms with Crippen molar-refractivity contribution in [1.29, 1.82) is 0 Å². The van der Waals surface area contributed by atoms with Gasteiger partial charge in [-0.15, -0.1) is 0 Å². The lowest BCUT2D eigenvalue weighted by Gasteiger charge is -2.31. The molecule has 2 aliphatic rings. The summed E-state index contributed by atoms with van der Waals surface area (Å²) >= 11 is 0. The molecule has 0 unspecified atom stereocenters. The Bertz CT molecular complexity index is 607. The van der Waals surface area contributed by atoms with Crippen LogP contribution in [0.4, 0.5) is 9.59 Å². The molecule has 2 rings (SSSR count). The predicted molar refractivity (Wildman–Crippen MR) is 110 cm³/mol. The second-order valence-corrected chi connectivity index (χ2v) is 8.30. The topological polar surface area (TPSA) is 124 Å². The van der Waals surface area contributed by atoms with E-state index in [1.807, 2.05) is 27.7 Å². The summed E-state index contributed by atoms with van der Waals surface area (Å²) in [6, 6.07) is 0.00212. The smallest absolute Gasteiger partial charge is 0.407 e. The molecule has 2 fully saturated rings. The van der Waals surface area contributed by atoms with E-state index in [-0.39, 0.29) is 43.2 Å². The zero-order valence-electron chi connectivity index (χ0n) is 17.8. The van der Waals surface area contributed by atoms with E-state index >= 15 is 0 Å². The quantitative estimate of drug-likeness (QED) is 0.293. The first-order valence-corrected chi connectivity index (χ1v) is 10.3. The number of carbonyl (C=O) groups is 3. The van der Waals surface area contributed by atoms with Crippen LogP contribution in [0.2, 0.25) is 0 Å². The van der Waals surface area contributed by atoms with Gasteiger partial charge in [-0.3, -0.25) is 14.7 Å². The molecule has 1 aliphatic heterocycles. The third kappa shape index (κ3) is 7.78. The maximum atomic E-state index is 11.9. The van der Waals surface area contributed by atoms with Crippen LogP contribution in [0.5, 0.6) is 0 Å². The zero-order valence-corrected chi connectivity index (χ0v) is 17.8. The van der Waals surface area contributed by atoms with E-state index in [0.717, 1.165) is 25.7 Å². The Morgan fingerprint density at radius 1 is 1.17 bits per heavy atom. The number of amides is 4. The maximum Gasteiger partial charge on any atom is 0.407 e. The van der Waals surface area contributed by atoms with E-state index in [0.29, 0.717) is 19.0 Å². The molecular weight excluding hydrogens is 376 g/mol. The molecule has 164 valence electrons. The van der Waals surface area contributed by atoms with Crippen molar-refractivity contribution in [2.75, 3.05) is 26.2 Å². The standard InChI is InChI=1S/C19H34N6O4/c1-5-20-16(21-10-11-25-15(26)12-22-17(25)27)23-13-6-8-14(9-7-13)24-18(28)29-19(2,3)4/h13-14H,5-12H2,1-4H3,(H,22,27)(H,24,28)(H2,20,21,23). The van der Waals surface area contributed by atoms with Gasteiger partial charge in [0.2, 0.25) is 5.91 Å². The molecule has 0 atom stereocenters. The van der Waals surface area contributed by atoms with Crippen LogP contribution in [-0.4, -0.2) is 72.8 Å². The van der Waals surface area contributed by atoms with Gasteiger partial charge in [-0.05, 0) is 53.4 Å². The lowest BCUT2D eigenvalue weighted by Crippen LogP contribution is -2.48. The van der Waals surface area contributed by atoms with Crippen molar-refractivity contribution in [2.45, 2.75) is 71.1 Å². The SMILES string of the molecule is CCNC(=NCCN1C(=O)CNC1=O)NC1CCC(NC(=O)OC(C)(C)C)CC1. The lowest BCUT2D eigenvalue weighted by molar-refractivity contribution is -0.124. The van der Waals surface area contributed by atoms with Crippen molar-refractivity contribution in [3.63, 3.8) is 0 Å². The third-order valence-corrected chi connectivity index (χ3v) is 4.66. The molecule has 29 heavy (non-hydrogen) atoms. The maximum absolute atomic E-state index is 11.9. The van der Waals surface area contributed by atoms with Gasteiger partial charge in [-0.2, -0.15) is 0 Å². The summed E-state index contributed by atoms with van der Waals surface area (Å²) < 4.78 is 5.31. The highest BCUT2D eigenvalue weighted by Crippen LogP contribution is 2.19. The summed E-state index contributed by atoms with van der Waals surface area (Å²) in [5.74, 6) is 0.446. The van der Waals surface area contributed by atoms with Crippen molar-refractivity contribution in [3.8, 4) is 0 Å². The Kier molecular flexibility index (Phi) is 8.10. The normalized spacial score (nSPS) is 22.9. The molecule has 0 aromatic rings. The molecular formula is C19H34N6O4. The Hall–Kier alpha value is -2.52. The van der Waals surface area contributed by atoms with Gasteiger partial charge in [0.25, 0.3) is 0 Å². The Morgan fingerprint density at radius 3 is 2.31 bits per heavy atom. The molecule has 4 amide bonds. The molecule has 10 heteroatoms. The summed E-state index contributed by atoms with van der Waals surface area (Å²) in [5.41, 5.74) is -0.500. The number of hydrogen-bond donors (Lipinski definition) is 4. The van der Waals surface area contributed by atoms with Crippen molar-refractivity contribution in [1.82, 2.24) is 26.2 Å². The lowest BCUT2D eigenvalue weighted by atomic mass is 9.91. The van der Waals surface area contributed by atoms with Crippen LogP contribution >= 0.6 is 0 Å². The first-order valence-electron chi connectivity index (χ1n) is 10.3. The molecule has 1 saturated carbocycles. The number of carbonyl (C=O) groups excluding carboxylic acids is 3. The monoisotopic (exact) mass is 410 g/mol. The van der Waals surface area contributed by atoms with Gasteiger partial charge >= 0.3 is 12.1 Å². The number of nitrogens with zero attached hydrogens (tertiary/aromatic N) is 2. The van der Waals surface area contributed by atoms with Gasteiger partial charge in [-0.1, -0.05) is 0 Å². The number of ether oxygens (including phenoxy) is 1. The highest BCUT2D eigenvalue weighted by Gasteiger charge is 2.28. The van der Waals surface area contributed by atoms with Crippen LogP contribution < -0.4 is 21.3 Å². The molecule has 0 bridgehead atoms. The zero-order chi connectivity index (χ0) is 21.4. The minimum Gasteiger partial charge on any atom is -0.444 e. The molecule has 0 radical (unpaired) electrons. The van der Waals surface area contributed by atoms with E-state index in [9.17, 15) is 14.4 Å². The first-order chi connectivity index (χ1) is 13.7. The number of urea groups is 1. The number of alkyl carbamates (subject to hydrolysis) is 1. The third-order valence-electron chi connectivity index (χ3n) is 4.66. The van der Waals surface area contributed by atoms with Crippen LogP contribution in [-0.2, 0) is 9.53 Å². The fourth-order valence-electron chi connectivity index (χ4n) is 3.31. The molecule has 10 nitrogen and oxygen atoms in total. The van der Waals surface area contributed by atoms with Crippen molar-refractivity contribution >= 4 is 24.0 Å². The van der Waals surface area contributed by atoms with Crippen LogP contribution in [0.15, 0.2) is 4.99 Å². The molecule has 0 aromatic heterocycles. The number of aliphatic imine (C=N–C) groups is 1. The number of guanidine groups is 1. The Labute approximate surface area is 172 Å². The highest BCUT2D eigenvalue weighted by atomic mass is 16.6. The largest absolute Gasteiger partial charge is 0.444 e. The summed E-state index contributed by atoms with van der Waals surface area (Å²) in [6.45, 7) is 8.89. The van der Waals surface area contributed by atoms with Crippen LogP contribution in [0, 0.1) is 0 Å². The Balaban J connectivity index is 1.76. The highest BCUT2D eigenvalue weighted by molar-refractivity contribution is 6.01. The van der Waals surface area contributed by atoms with Gasteiger partial charge in [0.15, 0.2) is 5.96 Å². The average Bonchev–Trinajstić information content (AvgIpc) is 2.94. The number of hydrogen-bond acceptors (Lipinski definition) is 5. The average molecular weight is 411 g/mol. The van der Waals surface area contributed by atoms with E-state index in [4.69, 9.17) is 4.74 Å². The second kappa shape index (κ2) is 10.3. The molecule has 4 N–H and O–H groups in total. The first kappa shape index (κ1) is 22.8. The molecule has 1 heterocycles. The second-order valence-electron chi connectivity index (χ2n) is 8.30. The van der Waals surface area contributed by atoms with Gasteiger partial charge in [0.1, 0.15) is 5.60 Å². The summed E-state index contributed by atoms with van der Waals surface area (Å²) in [4.78, 5) is 40.7. The molecule has 1 aliphatic carbocycles. The van der Waals surface area contributed by atoms with E-state index in [2.05, 4.69) is 26.3 Å². The van der Waals surface area contributed by atoms with E-state index in [1.165, 1.54) is 4.90 Å². The molecule has 0 spiro atoms. The van der Waals surface area contributed by atoms with Gasteiger partial charge in [0.05, 0.1) is 19.6 Å². The molecule has 0 aromatic carbocycles. The minimum atomic E-state index is -0.500. The van der Waals surface area contributed by atoms with Gasteiger partial charge in [0, 0.05) is 18.6 Å².